The van der Waals surface area contributed by atoms with Crippen molar-refractivity contribution in [3.05, 3.63) is 0 Å². The first-order chi connectivity index (χ1) is 17.0. The normalized spacial score (nSPS) is 19.4. The van der Waals surface area contributed by atoms with Crippen molar-refractivity contribution in [3.63, 3.8) is 0 Å². The second-order valence-corrected chi connectivity index (χ2v) is 12.4. The molecule has 1 saturated heterocycles. The standard InChI is InChI=1S/C23H36N2O10S2/c1-22(2,3)34-14(26)9-12(19(29)32-7)10-36-15-16(18(28)25-17(15)27)37-11-13(20(30)33-8)24-21(31)35-23(4,5)6/h12-13,15-16H,9-11H2,1-8H3,(H,24,31)(H,25,27,28)/t12-,13-,15-,16+/m0/s1. The zero-order chi connectivity index (χ0) is 28.6. The summed E-state index contributed by atoms with van der Waals surface area (Å²) in [7, 11) is 2.34. The quantitative estimate of drug-likeness (QED) is 0.211. The molecule has 0 aromatic carbocycles. The summed E-state index contributed by atoms with van der Waals surface area (Å²) in [5.41, 5.74) is -1.54. The number of hydrogen-bond acceptors (Lipinski definition) is 12. The van der Waals surface area contributed by atoms with E-state index in [4.69, 9.17) is 18.9 Å². The Hall–Kier alpha value is -2.48. The highest BCUT2D eigenvalue weighted by atomic mass is 32.2. The molecule has 37 heavy (non-hydrogen) atoms. The fourth-order valence-corrected chi connectivity index (χ4v) is 5.81. The highest BCUT2D eigenvalue weighted by Gasteiger charge is 2.44. The van der Waals surface area contributed by atoms with E-state index in [1.54, 1.807) is 41.5 Å². The largest absolute Gasteiger partial charge is 0.469 e. The molecule has 0 spiro atoms. The number of nitrogens with one attached hydrogen (secondary N) is 2. The molecule has 0 bridgehead atoms. The average Bonchev–Trinajstić information content (AvgIpc) is 3.02. The third-order valence-electron chi connectivity index (χ3n) is 4.50. The number of ether oxygens (including phenoxy) is 4. The molecule has 4 atom stereocenters. The number of thioether (sulfide) groups is 2. The summed E-state index contributed by atoms with van der Waals surface area (Å²) in [4.78, 5) is 73.8. The molecular weight excluding hydrogens is 528 g/mol. The minimum absolute atomic E-state index is 0.00489. The predicted octanol–water partition coefficient (Wildman–Crippen LogP) is 1.43. The van der Waals surface area contributed by atoms with Crippen LogP contribution in [0.5, 0.6) is 0 Å². The van der Waals surface area contributed by atoms with Gasteiger partial charge in [-0.25, -0.2) is 9.59 Å². The second kappa shape index (κ2) is 13.9. The third kappa shape index (κ3) is 11.6. The van der Waals surface area contributed by atoms with Gasteiger partial charge in [0.1, 0.15) is 27.7 Å². The van der Waals surface area contributed by atoms with Crippen LogP contribution in [-0.2, 0) is 42.9 Å². The van der Waals surface area contributed by atoms with Gasteiger partial charge in [0.25, 0.3) is 0 Å². The minimum atomic E-state index is -1.14. The highest BCUT2D eigenvalue weighted by Crippen LogP contribution is 2.32. The van der Waals surface area contributed by atoms with Gasteiger partial charge >= 0.3 is 24.0 Å². The average molecular weight is 565 g/mol. The maximum absolute atomic E-state index is 12.5. The van der Waals surface area contributed by atoms with Gasteiger partial charge in [-0.15, -0.1) is 23.5 Å². The highest BCUT2D eigenvalue weighted by molar-refractivity contribution is 8.04. The van der Waals surface area contributed by atoms with Crippen molar-refractivity contribution >= 4 is 59.3 Å². The molecule has 210 valence electrons. The van der Waals surface area contributed by atoms with Crippen molar-refractivity contribution in [1.29, 1.82) is 0 Å². The van der Waals surface area contributed by atoms with Crippen LogP contribution in [0.3, 0.4) is 0 Å². The molecule has 0 unspecified atom stereocenters. The van der Waals surface area contributed by atoms with Crippen molar-refractivity contribution in [3.8, 4) is 0 Å². The Labute approximate surface area is 225 Å². The van der Waals surface area contributed by atoms with Crippen LogP contribution in [-0.4, -0.2) is 89.3 Å². The van der Waals surface area contributed by atoms with E-state index in [1.807, 2.05) is 0 Å². The van der Waals surface area contributed by atoms with Gasteiger partial charge in [0, 0.05) is 11.5 Å². The van der Waals surface area contributed by atoms with E-state index in [2.05, 4.69) is 10.6 Å². The molecule has 12 nitrogen and oxygen atoms in total. The van der Waals surface area contributed by atoms with Crippen LogP contribution in [0.2, 0.25) is 0 Å². The van der Waals surface area contributed by atoms with Gasteiger partial charge in [-0.05, 0) is 41.5 Å². The zero-order valence-electron chi connectivity index (χ0n) is 22.3. The van der Waals surface area contributed by atoms with Gasteiger partial charge in [0.05, 0.1) is 26.6 Å². The van der Waals surface area contributed by atoms with Crippen LogP contribution in [0, 0.1) is 5.92 Å². The Kier molecular flexibility index (Phi) is 12.2. The summed E-state index contributed by atoms with van der Waals surface area (Å²) in [5.74, 6) is -4.14. The number of carbonyl (C=O) groups excluding carboxylic acids is 6. The van der Waals surface area contributed by atoms with E-state index in [0.717, 1.165) is 30.6 Å². The monoisotopic (exact) mass is 564 g/mol. The number of hydrogen-bond donors (Lipinski definition) is 2. The van der Waals surface area contributed by atoms with Gasteiger partial charge in [0.2, 0.25) is 11.8 Å². The Balaban J connectivity index is 2.90. The maximum atomic E-state index is 12.5. The van der Waals surface area contributed by atoms with E-state index in [1.165, 1.54) is 7.11 Å². The molecule has 2 N–H and O–H groups in total. The van der Waals surface area contributed by atoms with Crippen molar-refractivity contribution in [1.82, 2.24) is 10.6 Å². The van der Waals surface area contributed by atoms with Crippen LogP contribution in [0.25, 0.3) is 0 Å². The summed E-state index contributed by atoms with van der Waals surface area (Å²) in [6, 6.07) is -1.14. The Morgan fingerprint density at radius 1 is 0.838 bits per heavy atom. The molecule has 0 aliphatic carbocycles. The molecule has 0 radical (unpaired) electrons. The maximum Gasteiger partial charge on any atom is 0.408 e. The lowest BCUT2D eigenvalue weighted by Gasteiger charge is -2.24. The number of rotatable bonds is 11. The molecule has 1 fully saturated rings. The van der Waals surface area contributed by atoms with Crippen LogP contribution in [0.1, 0.15) is 48.0 Å². The number of alkyl carbamates (subject to hydrolysis) is 1. The minimum Gasteiger partial charge on any atom is -0.469 e. The van der Waals surface area contributed by atoms with Crippen LogP contribution >= 0.6 is 23.5 Å². The lowest BCUT2D eigenvalue weighted by Crippen LogP contribution is -2.46. The van der Waals surface area contributed by atoms with E-state index in [9.17, 15) is 28.8 Å². The summed E-state index contributed by atoms with van der Waals surface area (Å²) >= 11 is 1.98. The molecule has 1 aliphatic heterocycles. The van der Waals surface area contributed by atoms with Crippen LogP contribution < -0.4 is 10.6 Å². The smallest absolute Gasteiger partial charge is 0.408 e. The van der Waals surface area contributed by atoms with Crippen LogP contribution in [0.4, 0.5) is 4.79 Å². The summed E-state index contributed by atoms with van der Waals surface area (Å²) in [5, 5.41) is 2.81. The number of carbonyl (C=O) groups is 6. The molecule has 0 saturated carbocycles. The van der Waals surface area contributed by atoms with E-state index >= 15 is 0 Å². The molecule has 1 aliphatic rings. The Bertz CT molecular complexity index is 812. The molecule has 1 heterocycles. The Morgan fingerprint density at radius 2 is 1.32 bits per heavy atom. The van der Waals surface area contributed by atoms with Crippen molar-refractivity contribution in [2.24, 2.45) is 5.92 Å². The molecular formula is C23H36N2O10S2. The molecule has 0 aromatic heterocycles. The van der Waals surface area contributed by atoms with E-state index in [0.29, 0.717) is 0 Å². The Morgan fingerprint density at radius 3 is 1.78 bits per heavy atom. The number of methoxy groups -OCH3 is 2. The van der Waals surface area contributed by atoms with Gasteiger partial charge < -0.3 is 24.3 Å². The number of esters is 3. The first-order valence-electron chi connectivity index (χ1n) is 11.4. The molecule has 1 rings (SSSR count). The molecule has 3 amide bonds. The zero-order valence-corrected chi connectivity index (χ0v) is 24.0. The fourth-order valence-electron chi connectivity index (χ4n) is 3.01. The first kappa shape index (κ1) is 32.5. The van der Waals surface area contributed by atoms with Gasteiger partial charge in [0.15, 0.2) is 0 Å². The van der Waals surface area contributed by atoms with E-state index in [-0.39, 0.29) is 17.9 Å². The lowest BCUT2D eigenvalue weighted by atomic mass is 10.1. The lowest BCUT2D eigenvalue weighted by molar-refractivity contribution is -0.160. The number of amides is 3. The first-order valence-corrected chi connectivity index (χ1v) is 13.5. The summed E-state index contributed by atoms with van der Waals surface area (Å²) in [6.07, 6.45) is -1.11. The van der Waals surface area contributed by atoms with Crippen molar-refractivity contribution < 1.29 is 47.7 Å². The SMILES string of the molecule is COC(=O)[C@H](CS[C@@H]1C(=O)NC(=O)[C@@H]1SC[C@H](NC(=O)OC(C)(C)C)C(=O)OC)CC(=O)OC(C)(C)C. The third-order valence-corrected chi connectivity index (χ3v) is 7.49. The fraction of sp³-hybridized carbons (Fsp3) is 0.739. The van der Waals surface area contributed by atoms with Gasteiger partial charge in [-0.1, -0.05) is 0 Å². The van der Waals surface area contributed by atoms with Gasteiger partial charge in [-0.2, -0.15) is 0 Å². The second-order valence-electron chi connectivity index (χ2n) is 10.1. The van der Waals surface area contributed by atoms with Gasteiger partial charge in [-0.3, -0.25) is 24.5 Å². The van der Waals surface area contributed by atoms with Crippen LogP contribution in [0.15, 0.2) is 0 Å². The topological polar surface area (TPSA) is 163 Å². The molecule has 0 aromatic rings. The predicted molar refractivity (Wildman–Crippen MR) is 137 cm³/mol. The van der Waals surface area contributed by atoms with E-state index < -0.39 is 69.5 Å². The summed E-state index contributed by atoms with van der Waals surface area (Å²) in [6.45, 7) is 10.1. The number of imide groups is 1. The van der Waals surface area contributed by atoms with Crippen molar-refractivity contribution in [2.75, 3.05) is 25.7 Å². The van der Waals surface area contributed by atoms with Crippen molar-refractivity contribution in [2.45, 2.75) is 75.7 Å². The summed E-state index contributed by atoms with van der Waals surface area (Å²) < 4.78 is 20.0. The molecule has 14 heteroatoms.